The minimum absolute atomic E-state index is 0.0533. The summed E-state index contributed by atoms with van der Waals surface area (Å²) in [6.07, 6.45) is 2.22. The second-order valence-corrected chi connectivity index (χ2v) is 10.1. The van der Waals surface area contributed by atoms with E-state index in [2.05, 4.69) is 14.6 Å². The van der Waals surface area contributed by atoms with E-state index in [0.29, 0.717) is 25.1 Å². The van der Waals surface area contributed by atoms with Crippen molar-refractivity contribution < 1.29 is 17.6 Å². The molecule has 0 aliphatic carbocycles. The van der Waals surface area contributed by atoms with Gasteiger partial charge in [-0.25, -0.2) is 8.42 Å². The van der Waals surface area contributed by atoms with Gasteiger partial charge in [0.15, 0.2) is 0 Å². The van der Waals surface area contributed by atoms with Crippen LogP contribution in [0.3, 0.4) is 0 Å². The van der Waals surface area contributed by atoms with Crippen LogP contribution >= 0.6 is 0 Å². The summed E-state index contributed by atoms with van der Waals surface area (Å²) in [7, 11) is -3.63. The zero-order valence-corrected chi connectivity index (χ0v) is 18.6. The van der Waals surface area contributed by atoms with Crippen molar-refractivity contribution in [1.82, 2.24) is 14.5 Å². The molecule has 1 aromatic heterocycles. The number of nitrogens with zero attached hydrogens (tertiary/aromatic N) is 3. The highest BCUT2D eigenvalue weighted by Crippen LogP contribution is 2.24. The van der Waals surface area contributed by atoms with Gasteiger partial charge in [-0.15, -0.1) is 0 Å². The number of amides is 1. The quantitative estimate of drug-likeness (QED) is 0.736. The molecule has 8 nitrogen and oxygen atoms in total. The van der Waals surface area contributed by atoms with Crippen molar-refractivity contribution in [3.8, 4) is 0 Å². The van der Waals surface area contributed by atoms with Gasteiger partial charge >= 0.3 is 0 Å². The van der Waals surface area contributed by atoms with Gasteiger partial charge in [-0.1, -0.05) is 26.0 Å². The van der Waals surface area contributed by atoms with Crippen LogP contribution in [-0.2, 0) is 21.4 Å². The standard InChI is InChI=1S/C22H28N4O4S/c1-16(2)14-19(23-21-18-7-3-4-8-20(18)31(28,29)24-21)22(27)26-11-9-25(10-12-26)15-17-6-5-13-30-17/h3-8,13,16,19H,9-12,14-15H2,1-2H3,(H,23,24). The number of nitrogens with one attached hydrogen (secondary N) is 1. The Labute approximate surface area is 183 Å². The van der Waals surface area contributed by atoms with Crippen molar-refractivity contribution in [2.75, 3.05) is 26.2 Å². The average molecular weight is 445 g/mol. The zero-order chi connectivity index (χ0) is 22.0. The first-order chi connectivity index (χ1) is 14.8. The number of rotatable bonds is 6. The number of benzene rings is 1. The molecule has 0 saturated carbocycles. The molecule has 1 N–H and O–H groups in total. The number of furan rings is 1. The molecule has 2 aliphatic heterocycles. The Balaban J connectivity index is 1.49. The SMILES string of the molecule is CC(C)CC(N=C1NS(=O)(=O)c2ccccc21)C(=O)N1CCN(Cc2ccco2)CC1. The van der Waals surface area contributed by atoms with Crippen LogP contribution in [0.15, 0.2) is 57.0 Å². The number of aliphatic imine (C=N–C) groups is 1. The molecule has 0 radical (unpaired) electrons. The third kappa shape index (κ3) is 4.83. The molecule has 3 heterocycles. The summed E-state index contributed by atoms with van der Waals surface area (Å²) in [6, 6.07) is 9.93. The topological polar surface area (TPSA) is 95.2 Å². The lowest BCUT2D eigenvalue weighted by Crippen LogP contribution is -2.51. The smallest absolute Gasteiger partial charge is 0.263 e. The monoisotopic (exact) mass is 444 g/mol. The van der Waals surface area contributed by atoms with E-state index >= 15 is 0 Å². The molecule has 1 fully saturated rings. The van der Waals surface area contributed by atoms with E-state index in [1.807, 2.05) is 30.9 Å². The molecule has 4 rings (SSSR count). The van der Waals surface area contributed by atoms with E-state index in [-0.39, 0.29) is 22.6 Å². The van der Waals surface area contributed by atoms with Crippen LogP contribution in [0.25, 0.3) is 0 Å². The second-order valence-electron chi connectivity index (χ2n) is 8.41. The Morgan fingerprint density at radius 1 is 1.13 bits per heavy atom. The number of piperazine rings is 1. The summed E-state index contributed by atoms with van der Waals surface area (Å²) < 4.78 is 32.7. The minimum atomic E-state index is -3.63. The minimum Gasteiger partial charge on any atom is -0.468 e. The van der Waals surface area contributed by atoms with Gasteiger partial charge in [0.05, 0.1) is 17.7 Å². The first-order valence-corrected chi connectivity index (χ1v) is 12.1. The summed E-state index contributed by atoms with van der Waals surface area (Å²) in [5.74, 6) is 1.36. The van der Waals surface area contributed by atoms with E-state index < -0.39 is 16.1 Å². The van der Waals surface area contributed by atoms with Gasteiger partial charge < -0.3 is 9.32 Å². The van der Waals surface area contributed by atoms with Crippen LogP contribution in [0.1, 0.15) is 31.6 Å². The maximum atomic E-state index is 13.3. The predicted octanol–water partition coefficient (Wildman–Crippen LogP) is 2.08. The van der Waals surface area contributed by atoms with E-state index in [4.69, 9.17) is 4.42 Å². The first kappa shape index (κ1) is 21.6. The fourth-order valence-corrected chi connectivity index (χ4v) is 5.24. The number of hydrogen-bond acceptors (Lipinski definition) is 6. The molecule has 1 aromatic carbocycles. The Kier molecular flexibility index (Phi) is 6.15. The number of carbonyl (C=O) groups excluding carboxylic acids is 1. The maximum absolute atomic E-state index is 13.3. The van der Waals surface area contributed by atoms with Gasteiger partial charge in [0, 0.05) is 31.7 Å². The summed E-state index contributed by atoms with van der Waals surface area (Å²) >= 11 is 0. The lowest BCUT2D eigenvalue weighted by molar-refractivity contribution is -0.134. The highest BCUT2D eigenvalue weighted by Gasteiger charge is 2.33. The molecular weight excluding hydrogens is 416 g/mol. The normalized spacial score (nSPS) is 20.6. The summed E-state index contributed by atoms with van der Waals surface area (Å²) in [5, 5.41) is 0. The van der Waals surface area contributed by atoms with Crippen molar-refractivity contribution in [2.45, 2.75) is 37.8 Å². The van der Waals surface area contributed by atoms with Crippen molar-refractivity contribution in [3.05, 3.63) is 54.0 Å². The molecule has 9 heteroatoms. The highest BCUT2D eigenvalue weighted by molar-refractivity contribution is 7.90. The number of amidine groups is 1. The Morgan fingerprint density at radius 3 is 2.55 bits per heavy atom. The maximum Gasteiger partial charge on any atom is 0.263 e. The van der Waals surface area contributed by atoms with Crippen LogP contribution in [0, 0.1) is 5.92 Å². The van der Waals surface area contributed by atoms with E-state index in [0.717, 1.165) is 25.4 Å². The third-order valence-electron chi connectivity index (χ3n) is 5.57. The molecule has 166 valence electrons. The summed E-state index contributed by atoms with van der Waals surface area (Å²) in [4.78, 5) is 22.2. The zero-order valence-electron chi connectivity index (χ0n) is 17.8. The molecule has 2 aliphatic rings. The van der Waals surface area contributed by atoms with Gasteiger partial charge in [-0.3, -0.25) is 19.4 Å². The molecule has 2 aromatic rings. The third-order valence-corrected chi connectivity index (χ3v) is 6.97. The molecule has 0 spiro atoms. The van der Waals surface area contributed by atoms with Gasteiger partial charge in [0.1, 0.15) is 17.6 Å². The lowest BCUT2D eigenvalue weighted by Gasteiger charge is -2.35. The van der Waals surface area contributed by atoms with Crippen molar-refractivity contribution in [1.29, 1.82) is 0 Å². The fourth-order valence-electron chi connectivity index (χ4n) is 4.00. The second kappa shape index (κ2) is 8.84. The largest absolute Gasteiger partial charge is 0.468 e. The van der Waals surface area contributed by atoms with Crippen molar-refractivity contribution >= 4 is 21.8 Å². The van der Waals surface area contributed by atoms with Crippen LogP contribution in [0.5, 0.6) is 0 Å². The Bertz CT molecular complexity index is 1050. The average Bonchev–Trinajstić information content (AvgIpc) is 3.33. The van der Waals surface area contributed by atoms with E-state index in [1.165, 1.54) is 0 Å². The fraction of sp³-hybridized carbons (Fsp3) is 0.455. The molecular formula is C22H28N4O4S. The highest BCUT2D eigenvalue weighted by atomic mass is 32.2. The van der Waals surface area contributed by atoms with Crippen LogP contribution in [-0.4, -0.2) is 62.2 Å². The first-order valence-electron chi connectivity index (χ1n) is 10.6. The van der Waals surface area contributed by atoms with Gasteiger partial charge in [0.2, 0.25) is 5.91 Å². The molecule has 1 atom stereocenters. The van der Waals surface area contributed by atoms with E-state index in [1.54, 1.807) is 30.5 Å². The summed E-state index contributed by atoms with van der Waals surface area (Å²) in [6.45, 7) is 7.54. The molecule has 1 amide bonds. The number of sulfonamides is 1. The lowest BCUT2D eigenvalue weighted by atomic mass is 10.0. The van der Waals surface area contributed by atoms with Crippen molar-refractivity contribution in [2.24, 2.45) is 10.9 Å². The predicted molar refractivity (Wildman–Crippen MR) is 117 cm³/mol. The van der Waals surface area contributed by atoms with Gasteiger partial charge in [-0.2, -0.15) is 0 Å². The molecule has 31 heavy (non-hydrogen) atoms. The van der Waals surface area contributed by atoms with Crippen molar-refractivity contribution in [3.63, 3.8) is 0 Å². The molecule has 0 bridgehead atoms. The van der Waals surface area contributed by atoms with Crippen LogP contribution < -0.4 is 4.72 Å². The molecule has 1 unspecified atom stereocenters. The molecule has 1 saturated heterocycles. The van der Waals surface area contributed by atoms with Crippen LogP contribution in [0.2, 0.25) is 0 Å². The Morgan fingerprint density at radius 2 is 1.87 bits per heavy atom. The summed E-state index contributed by atoms with van der Waals surface area (Å²) in [5.41, 5.74) is 0.521. The van der Waals surface area contributed by atoms with Crippen LogP contribution in [0.4, 0.5) is 0 Å². The van der Waals surface area contributed by atoms with Gasteiger partial charge in [0.25, 0.3) is 10.0 Å². The Hall–Kier alpha value is -2.65. The number of carbonyl (C=O) groups is 1. The number of hydrogen-bond donors (Lipinski definition) is 1. The van der Waals surface area contributed by atoms with E-state index in [9.17, 15) is 13.2 Å². The van der Waals surface area contributed by atoms with Gasteiger partial charge in [-0.05, 0) is 36.6 Å². The number of fused-ring (bicyclic) bond motifs is 1.